The summed E-state index contributed by atoms with van der Waals surface area (Å²) in [6.07, 6.45) is 5.12. The number of ether oxygens (including phenoxy) is 1. The highest BCUT2D eigenvalue weighted by molar-refractivity contribution is 5.65. The van der Waals surface area contributed by atoms with E-state index in [0.29, 0.717) is 0 Å². The maximum absolute atomic E-state index is 14.1. The number of benzene rings is 1. The van der Waals surface area contributed by atoms with E-state index in [1.807, 2.05) is 0 Å². The molecular formula is C17H15FN4O. The van der Waals surface area contributed by atoms with Crippen LogP contribution in [-0.2, 0) is 0 Å². The van der Waals surface area contributed by atoms with Crippen LogP contribution in [0, 0.1) is 39.8 Å². The van der Waals surface area contributed by atoms with E-state index < -0.39 is 11.4 Å². The van der Waals surface area contributed by atoms with Crippen LogP contribution in [0.15, 0.2) is 29.5 Å². The van der Waals surface area contributed by atoms with Gasteiger partial charge in [0.25, 0.3) is 0 Å². The molecule has 0 amide bonds. The predicted octanol–water partition coefficient (Wildman–Crippen LogP) is 3.77. The van der Waals surface area contributed by atoms with Crippen molar-refractivity contribution in [3.63, 3.8) is 0 Å². The molecule has 0 heterocycles. The van der Waals surface area contributed by atoms with Gasteiger partial charge >= 0.3 is 0 Å². The van der Waals surface area contributed by atoms with E-state index in [9.17, 15) is 4.39 Å². The fraction of sp³-hybridized carbons (Fsp3) is 0.353. The summed E-state index contributed by atoms with van der Waals surface area (Å²) in [7, 11) is 0. The summed E-state index contributed by atoms with van der Waals surface area (Å²) in [4.78, 5) is 0. The van der Waals surface area contributed by atoms with Crippen molar-refractivity contribution >= 4 is 5.69 Å². The van der Waals surface area contributed by atoms with Gasteiger partial charge in [0, 0.05) is 0 Å². The van der Waals surface area contributed by atoms with Crippen LogP contribution in [0.5, 0.6) is 5.75 Å². The van der Waals surface area contributed by atoms with Crippen LogP contribution in [0.25, 0.3) is 0 Å². The molecule has 1 saturated carbocycles. The molecule has 0 aromatic heterocycles. The predicted molar refractivity (Wildman–Crippen MR) is 81.4 cm³/mol. The normalized spacial score (nSPS) is 14.0. The SMILES string of the molecule is N#CC(C#N)=C(C#N)Nc1c(F)cccc1OC1CCCCC1. The molecule has 0 saturated heterocycles. The van der Waals surface area contributed by atoms with E-state index in [4.69, 9.17) is 20.5 Å². The van der Waals surface area contributed by atoms with Crippen LogP contribution in [0.4, 0.5) is 10.1 Å². The Morgan fingerprint density at radius 1 is 1.09 bits per heavy atom. The van der Waals surface area contributed by atoms with E-state index in [0.717, 1.165) is 25.7 Å². The quantitative estimate of drug-likeness (QED) is 0.854. The van der Waals surface area contributed by atoms with Crippen molar-refractivity contribution in [2.75, 3.05) is 5.32 Å². The number of para-hydroxylation sites is 1. The molecule has 116 valence electrons. The second kappa shape index (κ2) is 7.82. The number of rotatable bonds is 4. The molecule has 0 bridgehead atoms. The molecule has 23 heavy (non-hydrogen) atoms. The highest BCUT2D eigenvalue weighted by atomic mass is 19.1. The minimum absolute atomic E-state index is 0.00650. The average Bonchev–Trinajstić information content (AvgIpc) is 2.58. The Kier molecular flexibility index (Phi) is 5.56. The standard InChI is InChI=1S/C17H15FN4O/c18-14-7-4-8-16(23-13-5-2-1-3-6-13)17(14)22-15(11-21)12(9-19)10-20/h4,7-8,13,22H,1-3,5-6H2. The Morgan fingerprint density at radius 3 is 2.39 bits per heavy atom. The van der Waals surface area contributed by atoms with Gasteiger partial charge in [-0.1, -0.05) is 12.5 Å². The zero-order chi connectivity index (χ0) is 16.7. The summed E-state index contributed by atoms with van der Waals surface area (Å²) < 4.78 is 20.0. The van der Waals surface area contributed by atoms with Gasteiger partial charge in [0.15, 0.2) is 5.57 Å². The van der Waals surface area contributed by atoms with Crippen molar-refractivity contribution in [2.45, 2.75) is 38.2 Å². The maximum Gasteiger partial charge on any atom is 0.163 e. The zero-order valence-electron chi connectivity index (χ0n) is 12.5. The molecule has 0 spiro atoms. The van der Waals surface area contributed by atoms with E-state index in [1.165, 1.54) is 18.6 Å². The molecule has 1 aliphatic carbocycles. The van der Waals surface area contributed by atoms with Gasteiger partial charge in [-0.05, 0) is 37.8 Å². The lowest BCUT2D eigenvalue weighted by atomic mass is 9.98. The van der Waals surface area contributed by atoms with Gasteiger partial charge in [0.1, 0.15) is 41.2 Å². The summed E-state index contributed by atoms with van der Waals surface area (Å²) in [6.45, 7) is 0. The van der Waals surface area contributed by atoms with Crippen LogP contribution in [-0.4, -0.2) is 6.10 Å². The number of allylic oxidation sites excluding steroid dienone is 2. The van der Waals surface area contributed by atoms with Crippen molar-refractivity contribution < 1.29 is 9.13 Å². The third-order valence-corrected chi connectivity index (χ3v) is 3.66. The number of hydrogen-bond donors (Lipinski definition) is 1. The van der Waals surface area contributed by atoms with Crippen LogP contribution < -0.4 is 10.1 Å². The first kappa shape index (κ1) is 16.3. The first-order chi connectivity index (χ1) is 11.2. The van der Waals surface area contributed by atoms with E-state index in [2.05, 4.69) is 5.32 Å². The number of nitrogens with one attached hydrogen (secondary N) is 1. The Morgan fingerprint density at radius 2 is 1.78 bits per heavy atom. The lowest BCUT2D eigenvalue weighted by molar-refractivity contribution is 0.155. The molecule has 0 atom stereocenters. The van der Waals surface area contributed by atoms with Gasteiger partial charge in [-0.25, -0.2) is 4.39 Å². The number of hydrogen-bond acceptors (Lipinski definition) is 5. The first-order valence-electron chi connectivity index (χ1n) is 7.36. The van der Waals surface area contributed by atoms with Gasteiger partial charge in [0.05, 0.1) is 6.10 Å². The molecule has 5 nitrogen and oxygen atoms in total. The van der Waals surface area contributed by atoms with Crippen LogP contribution in [0.2, 0.25) is 0 Å². The second-order valence-electron chi connectivity index (χ2n) is 5.20. The van der Waals surface area contributed by atoms with E-state index in [-0.39, 0.29) is 23.2 Å². The third-order valence-electron chi connectivity index (χ3n) is 3.66. The molecule has 0 radical (unpaired) electrons. The Hall–Kier alpha value is -3.04. The van der Waals surface area contributed by atoms with Gasteiger partial charge in [-0.15, -0.1) is 0 Å². The summed E-state index contributed by atoms with van der Waals surface area (Å²) in [5.74, 6) is -0.332. The van der Waals surface area contributed by atoms with Gasteiger partial charge < -0.3 is 10.1 Å². The first-order valence-corrected chi connectivity index (χ1v) is 7.36. The zero-order valence-corrected chi connectivity index (χ0v) is 12.5. The Balaban J connectivity index is 2.31. The molecule has 0 unspecified atom stereocenters. The van der Waals surface area contributed by atoms with Gasteiger partial charge in [-0.3, -0.25) is 0 Å². The molecule has 6 heteroatoms. The molecular weight excluding hydrogens is 295 g/mol. The summed E-state index contributed by atoms with van der Waals surface area (Å²) in [5.41, 5.74) is -0.731. The largest absolute Gasteiger partial charge is 0.488 e. The van der Waals surface area contributed by atoms with Crippen molar-refractivity contribution in [1.82, 2.24) is 0 Å². The number of halogens is 1. The number of nitrogens with zero attached hydrogens (tertiary/aromatic N) is 3. The highest BCUT2D eigenvalue weighted by Gasteiger charge is 2.19. The molecule has 1 aromatic carbocycles. The smallest absolute Gasteiger partial charge is 0.163 e. The summed E-state index contributed by atoms with van der Waals surface area (Å²) >= 11 is 0. The molecule has 1 aromatic rings. The third kappa shape index (κ3) is 3.99. The number of anilines is 1. The van der Waals surface area contributed by atoms with E-state index >= 15 is 0 Å². The van der Waals surface area contributed by atoms with Gasteiger partial charge in [-0.2, -0.15) is 15.8 Å². The number of nitriles is 3. The maximum atomic E-state index is 14.1. The lowest BCUT2D eigenvalue weighted by Gasteiger charge is -2.24. The van der Waals surface area contributed by atoms with Crippen molar-refractivity contribution in [3.05, 3.63) is 35.3 Å². The van der Waals surface area contributed by atoms with Gasteiger partial charge in [0.2, 0.25) is 0 Å². The molecule has 1 aliphatic rings. The van der Waals surface area contributed by atoms with Crippen LogP contribution in [0.1, 0.15) is 32.1 Å². The van der Waals surface area contributed by atoms with Crippen molar-refractivity contribution in [3.8, 4) is 24.0 Å². The molecule has 1 N–H and O–H groups in total. The van der Waals surface area contributed by atoms with Crippen molar-refractivity contribution in [1.29, 1.82) is 15.8 Å². The topological polar surface area (TPSA) is 92.6 Å². The van der Waals surface area contributed by atoms with Crippen molar-refractivity contribution in [2.24, 2.45) is 0 Å². The molecule has 2 rings (SSSR count). The summed E-state index contributed by atoms with van der Waals surface area (Å²) in [5, 5.41) is 29.3. The molecule has 0 aliphatic heterocycles. The Labute approximate surface area is 134 Å². The fourth-order valence-corrected chi connectivity index (χ4v) is 2.49. The lowest BCUT2D eigenvalue weighted by Crippen LogP contribution is -2.20. The average molecular weight is 310 g/mol. The molecule has 1 fully saturated rings. The second-order valence-corrected chi connectivity index (χ2v) is 5.20. The highest BCUT2D eigenvalue weighted by Crippen LogP contribution is 2.32. The minimum atomic E-state index is -0.610. The summed E-state index contributed by atoms with van der Waals surface area (Å²) in [6, 6.07) is 9.29. The Bertz CT molecular complexity index is 714. The van der Waals surface area contributed by atoms with Crippen LogP contribution in [0.3, 0.4) is 0 Å². The minimum Gasteiger partial charge on any atom is -0.488 e. The van der Waals surface area contributed by atoms with Crippen LogP contribution >= 0.6 is 0 Å². The fourth-order valence-electron chi connectivity index (χ4n) is 2.49. The van der Waals surface area contributed by atoms with E-state index in [1.54, 1.807) is 24.3 Å². The monoisotopic (exact) mass is 310 g/mol.